The minimum atomic E-state index is -0.693. The van der Waals surface area contributed by atoms with Crippen molar-refractivity contribution in [2.45, 2.75) is 45.1 Å². The second-order valence-electron chi connectivity index (χ2n) is 6.47. The zero-order valence-corrected chi connectivity index (χ0v) is 12.4. The smallest absolute Gasteiger partial charge is 0.161 e. The van der Waals surface area contributed by atoms with E-state index in [1.54, 1.807) is 0 Å². The molecule has 1 saturated carbocycles. The molecule has 0 unspecified atom stereocenters. The van der Waals surface area contributed by atoms with E-state index in [1.807, 2.05) is 18.2 Å². The van der Waals surface area contributed by atoms with Gasteiger partial charge in [0.15, 0.2) is 11.5 Å². The van der Waals surface area contributed by atoms with Gasteiger partial charge in [-0.25, -0.2) is 0 Å². The van der Waals surface area contributed by atoms with Gasteiger partial charge in [-0.15, -0.1) is 0 Å². The monoisotopic (exact) mass is 276 g/mol. The molecule has 1 aliphatic heterocycles. The maximum Gasteiger partial charge on any atom is 0.161 e. The molecule has 0 radical (unpaired) electrons. The molecule has 1 heterocycles. The minimum absolute atomic E-state index is 0.588. The van der Waals surface area contributed by atoms with E-state index in [9.17, 15) is 5.11 Å². The summed E-state index contributed by atoms with van der Waals surface area (Å²) in [5.41, 5.74) is 0.283. The highest BCUT2D eigenvalue weighted by Gasteiger charge is 2.36. The first-order valence-electron chi connectivity index (χ1n) is 7.71. The Morgan fingerprint density at radius 2 is 1.75 bits per heavy atom. The summed E-state index contributed by atoms with van der Waals surface area (Å²) in [5, 5.41) is 10.9. The summed E-state index contributed by atoms with van der Waals surface area (Å²) in [5.74, 6) is 3.01. The van der Waals surface area contributed by atoms with Gasteiger partial charge in [-0.05, 0) is 55.2 Å². The van der Waals surface area contributed by atoms with E-state index in [4.69, 9.17) is 9.47 Å². The van der Waals surface area contributed by atoms with Crippen LogP contribution in [0.3, 0.4) is 0 Å². The quantitative estimate of drug-likeness (QED) is 0.898. The Morgan fingerprint density at radius 1 is 1.10 bits per heavy atom. The molecule has 1 fully saturated rings. The van der Waals surface area contributed by atoms with Gasteiger partial charge >= 0.3 is 0 Å². The van der Waals surface area contributed by atoms with Crippen LogP contribution in [-0.2, 0) is 5.60 Å². The molecule has 2 aliphatic rings. The number of ether oxygens (including phenoxy) is 2. The van der Waals surface area contributed by atoms with Gasteiger partial charge in [-0.1, -0.05) is 19.9 Å². The average molecular weight is 276 g/mol. The number of hydrogen-bond donors (Lipinski definition) is 1. The van der Waals surface area contributed by atoms with Crippen LogP contribution in [0, 0.1) is 11.8 Å². The van der Waals surface area contributed by atoms with Gasteiger partial charge in [0, 0.05) is 0 Å². The summed E-state index contributed by atoms with van der Waals surface area (Å²) in [6, 6.07) is 5.88. The molecule has 3 nitrogen and oxygen atoms in total. The molecular weight excluding hydrogens is 252 g/mol. The van der Waals surface area contributed by atoms with Gasteiger partial charge in [0.1, 0.15) is 13.2 Å². The Kier molecular flexibility index (Phi) is 3.63. The zero-order valence-electron chi connectivity index (χ0n) is 12.4. The molecule has 110 valence electrons. The van der Waals surface area contributed by atoms with Crippen LogP contribution in [0.5, 0.6) is 11.5 Å². The first kappa shape index (κ1) is 13.7. The molecule has 1 N–H and O–H groups in total. The van der Waals surface area contributed by atoms with Crippen molar-refractivity contribution in [2.24, 2.45) is 11.8 Å². The first-order valence-corrected chi connectivity index (χ1v) is 7.71. The third-order valence-electron chi connectivity index (χ3n) is 4.88. The van der Waals surface area contributed by atoms with E-state index in [1.165, 1.54) is 0 Å². The van der Waals surface area contributed by atoms with E-state index in [-0.39, 0.29) is 0 Å². The summed E-state index contributed by atoms with van der Waals surface area (Å²) >= 11 is 0. The molecule has 0 atom stereocenters. The average Bonchev–Trinajstić information content (AvgIpc) is 2.47. The zero-order chi connectivity index (χ0) is 14.2. The van der Waals surface area contributed by atoms with Crippen LogP contribution in [0.4, 0.5) is 0 Å². The highest BCUT2D eigenvalue weighted by Crippen LogP contribution is 2.44. The molecule has 20 heavy (non-hydrogen) atoms. The van der Waals surface area contributed by atoms with E-state index in [0.29, 0.717) is 19.1 Å². The summed E-state index contributed by atoms with van der Waals surface area (Å²) in [4.78, 5) is 0. The van der Waals surface area contributed by atoms with Crippen LogP contribution in [0.15, 0.2) is 18.2 Å². The SMILES string of the molecule is CC(C)C1CCC(O)(c2ccc3c(c2)OCCO3)CC1. The lowest BCUT2D eigenvalue weighted by atomic mass is 9.72. The molecular formula is C17H24O3. The Balaban J connectivity index is 1.79. The van der Waals surface area contributed by atoms with Crippen LogP contribution in [0.25, 0.3) is 0 Å². The molecule has 0 amide bonds. The predicted octanol–water partition coefficient (Wildman–Crippen LogP) is 3.49. The first-order chi connectivity index (χ1) is 9.58. The van der Waals surface area contributed by atoms with E-state index >= 15 is 0 Å². The molecule has 3 heteroatoms. The van der Waals surface area contributed by atoms with Crippen LogP contribution in [-0.4, -0.2) is 18.3 Å². The van der Waals surface area contributed by atoms with Crippen molar-refractivity contribution in [1.82, 2.24) is 0 Å². The molecule has 1 aromatic rings. The van der Waals surface area contributed by atoms with Crippen LogP contribution >= 0.6 is 0 Å². The lowest BCUT2D eigenvalue weighted by Crippen LogP contribution is -2.33. The maximum absolute atomic E-state index is 10.9. The second kappa shape index (κ2) is 5.28. The van der Waals surface area contributed by atoms with Gasteiger partial charge in [-0.2, -0.15) is 0 Å². The lowest BCUT2D eigenvalue weighted by molar-refractivity contribution is -0.0202. The van der Waals surface area contributed by atoms with E-state index in [0.717, 1.165) is 48.7 Å². The van der Waals surface area contributed by atoms with Crippen molar-refractivity contribution in [3.05, 3.63) is 23.8 Å². The van der Waals surface area contributed by atoms with Gasteiger partial charge in [0.25, 0.3) is 0 Å². The number of hydrogen-bond acceptors (Lipinski definition) is 3. The maximum atomic E-state index is 10.9. The molecule has 3 rings (SSSR count). The molecule has 0 aromatic heterocycles. The van der Waals surface area contributed by atoms with Gasteiger partial charge < -0.3 is 14.6 Å². The topological polar surface area (TPSA) is 38.7 Å². The van der Waals surface area contributed by atoms with Crippen LogP contribution in [0.1, 0.15) is 45.1 Å². The van der Waals surface area contributed by atoms with Crippen molar-refractivity contribution in [2.75, 3.05) is 13.2 Å². The highest BCUT2D eigenvalue weighted by atomic mass is 16.6. The van der Waals surface area contributed by atoms with Crippen LogP contribution < -0.4 is 9.47 Å². The van der Waals surface area contributed by atoms with Gasteiger partial charge in [0.2, 0.25) is 0 Å². The molecule has 0 bridgehead atoms. The summed E-state index contributed by atoms with van der Waals surface area (Å²) in [6.07, 6.45) is 3.89. The fraction of sp³-hybridized carbons (Fsp3) is 0.647. The number of rotatable bonds is 2. The number of aliphatic hydroxyl groups is 1. The highest BCUT2D eigenvalue weighted by molar-refractivity contribution is 5.45. The van der Waals surface area contributed by atoms with Crippen molar-refractivity contribution in [3.63, 3.8) is 0 Å². The summed E-state index contributed by atoms with van der Waals surface area (Å²) in [6.45, 7) is 5.75. The third kappa shape index (κ3) is 2.51. The van der Waals surface area contributed by atoms with E-state index in [2.05, 4.69) is 13.8 Å². The van der Waals surface area contributed by atoms with Gasteiger partial charge in [0.05, 0.1) is 5.60 Å². The number of fused-ring (bicyclic) bond motifs is 1. The standard InChI is InChI=1S/C17H24O3/c1-12(2)13-5-7-17(18,8-6-13)14-3-4-15-16(11-14)20-10-9-19-15/h3-4,11-13,18H,5-10H2,1-2H3. The third-order valence-corrected chi connectivity index (χ3v) is 4.88. The molecule has 0 spiro atoms. The van der Waals surface area contributed by atoms with Gasteiger partial charge in [-0.3, -0.25) is 0 Å². The molecule has 0 saturated heterocycles. The molecule has 1 aliphatic carbocycles. The Bertz CT molecular complexity index is 473. The normalized spacial score (nSPS) is 29.5. The largest absolute Gasteiger partial charge is 0.486 e. The summed E-state index contributed by atoms with van der Waals surface area (Å²) < 4.78 is 11.2. The summed E-state index contributed by atoms with van der Waals surface area (Å²) in [7, 11) is 0. The Hall–Kier alpha value is -1.22. The number of benzene rings is 1. The van der Waals surface area contributed by atoms with Crippen molar-refractivity contribution >= 4 is 0 Å². The predicted molar refractivity (Wildman–Crippen MR) is 78.1 cm³/mol. The fourth-order valence-corrected chi connectivity index (χ4v) is 3.41. The van der Waals surface area contributed by atoms with Crippen molar-refractivity contribution in [3.8, 4) is 11.5 Å². The molecule has 1 aromatic carbocycles. The van der Waals surface area contributed by atoms with Crippen molar-refractivity contribution < 1.29 is 14.6 Å². The fourth-order valence-electron chi connectivity index (χ4n) is 3.41. The lowest BCUT2D eigenvalue weighted by Gasteiger charge is -2.38. The second-order valence-corrected chi connectivity index (χ2v) is 6.47. The van der Waals surface area contributed by atoms with Crippen molar-refractivity contribution in [1.29, 1.82) is 0 Å². The van der Waals surface area contributed by atoms with Crippen LogP contribution in [0.2, 0.25) is 0 Å². The minimum Gasteiger partial charge on any atom is -0.486 e. The van der Waals surface area contributed by atoms with E-state index < -0.39 is 5.60 Å². The Morgan fingerprint density at radius 3 is 2.40 bits per heavy atom. The Labute approximate surface area is 120 Å².